The molecule has 1 saturated heterocycles. The molecule has 1 aliphatic heterocycles. The Morgan fingerprint density at radius 2 is 1.95 bits per heavy atom. The summed E-state index contributed by atoms with van der Waals surface area (Å²) in [7, 11) is 0. The van der Waals surface area contributed by atoms with Crippen molar-refractivity contribution in [2.24, 2.45) is 11.7 Å². The molecule has 19 heavy (non-hydrogen) atoms. The second-order valence-electron chi connectivity index (χ2n) is 6.41. The molecule has 0 aliphatic carbocycles. The van der Waals surface area contributed by atoms with Gasteiger partial charge in [-0.15, -0.1) is 0 Å². The van der Waals surface area contributed by atoms with Crippen LogP contribution in [0.5, 0.6) is 0 Å². The number of hydrogen-bond acceptors (Lipinski definition) is 3. The second kappa shape index (κ2) is 5.61. The van der Waals surface area contributed by atoms with Crippen LogP contribution in [0.4, 0.5) is 13.6 Å². The third-order valence-corrected chi connectivity index (χ3v) is 3.07. The van der Waals surface area contributed by atoms with E-state index in [1.165, 1.54) is 4.90 Å². The van der Waals surface area contributed by atoms with Gasteiger partial charge in [-0.25, -0.2) is 13.6 Å². The number of hydrogen-bond donors (Lipinski definition) is 1. The third kappa shape index (κ3) is 5.72. The third-order valence-electron chi connectivity index (χ3n) is 3.07. The van der Waals surface area contributed by atoms with Crippen LogP contribution < -0.4 is 5.73 Å². The smallest absolute Gasteiger partial charge is 0.410 e. The summed E-state index contributed by atoms with van der Waals surface area (Å²) in [6, 6.07) is -0.287. The van der Waals surface area contributed by atoms with Crippen LogP contribution in [0.1, 0.15) is 40.5 Å². The molecule has 0 radical (unpaired) electrons. The van der Waals surface area contributed by atoms with Crippen LogP contribution in [0.25, 0.3) is 0 Å². The van der Waals surface area contributed by atoms with Gasteiger partial charge in [-0.3, -0.25) is 0 Å². The molecule has 0 spiro atoms. The van der Waals surface area contributed by atoms with E-state index >= 15 is 0 Å². The Kier molecular flexibility index (Phi) is 4.76. The largest absolute Gasteiger partial charge is 0.444 e. The fraction of sp³-hybridized carbons (Fsp3) is 0.923. The topological polar surface area (TPSA) is 55.6 Å². The maximum atomic E-state index is 13.1. The molecule has 4 nitrogen and oxygen atoms in total. The van der Waals surface area contributed by atoms with Crippen molar-refractivity contribution in [3.63, 3.8) is 0 Å². The Hall–Kier alpha value is -0.910. The molecule has 1 amide bonds. The van der Waals surface area contributed by atoms with Gasteiger partial charge in [0.25, 0.3) is 0 Å². The molecule has 1 fully saturated rings. The monoisotopic (exact) mass is 278 g/mol. The highest BCUT2D eigenvalue weighted by atomic mass is 19.3. The highest BCUT2D eigenvalue weighted by molar-refractivity contribution is 5.68. The van der Waals surface area contributed by atoms with Crippen molar-refractivity contribution in [1.29, 1.82) is 0 Å². The lowest BCUT2D eigenvalue weighted by Gasteiger charge is -2.38. The zero-order valence-electron chi connectivity index (χ0n) is 12.1. The minimum Gasteiger partial charge on any atom is -0.444 e. The molecule has 0 aromatic carbocycles. The van der Waals surface area contributed by atoms with Crippen LogP contribution >= 0.6 is 0 Å². The first-order valence-corrected chi connectivity index (χ1v) is 6.59. The SMILES string of the molecule is CC(F)(F)CC1CN(C(=O)OC(C)(C)C)CCC1N. The van der Waals surface area contributed by atoms with E-state index < -0.39 is 17.6 Å². The van der Waals surface area contributed by atoms with Crippen molar-refractivity contribution in [2.45, 2.75) is 58.1 Å². The van der Waals surface area contributed by atoms with E-state index in [4.69, 9.17) is 10.5 Å². The van der Waals surface area contributed by atoms with Crippen LogP contribution in [0.3, 0.4) is 0 Å². The molecular formula is C13H24F2N2O2. The lowest BCUT2D eigenvalue weighted by atomic mass is 9.88. The standard InChI is InChI=1S/C13H24F2N2O2/c1-12(2,3)19-11(18)17-6-5-10(16)9(8-17)7-13(4,14)15/h9-10H,5-8,16H2,1-4H3. The molecule has 0 saturated carbocycles. The first-order valence-electron chi connectivity index (χ1n) is 6.59. The Bertz CT molecular complexity index is 324. The fourth-order valence-corrected chi connectivity index (χ4v) is 2.22. The summed E-state index contributed by atoms with van der Waals surface area (Å²) in [4.78, 5) is 13.4. The van der Waals surface area contributed by atoms with Crippen LogP contribution in [0.2, 0.25) is 0 Å². The molecule has 2 atom stereocenters. The van der Waals surface area contributed by atoms with E-state index in [0.29, 0.717) is 13.0 Å². The number of ether oxygens (including phenoxy) is 1. The summed E-state index contributed by atoms with van der Waals surface area (Å²) >= 11 is 0. The summed E-state index contributed by atoms with van der Waals surface area (Å²) in [6.45, 7) is 6.91. The number of carbonyl (C=O) groups excluding carboxylic acids is 1. The van der Waals surface area contributed by atoms with E-state index in [9.17, 15) is 13.6 Å². The summed E-state index contributed by atoms with van der Waals surface area (Å²) in [6.07, 6.45) is -0.225. The van der Waals surface area contributed by atoms with E-state index in [-0.39, 0.29) is 24.9 Å². The number of likely N-dealkylation sites (tertiary alicyclic amines) is 1. The molecule has 1 heterocycles. The Morgan fingerprint density at radius 3 is 2.42 bits per heavy atom. The van der Waals surface area contributed by atoms with Gasteiger partial charge < -0.3 is 15.4 Å². The van der Waals surface area contributed by atoms with Crippen molar-refractivity contribution in [3.8, 4) is 0 Å². The predicted octanol–water partition coefficient (Wildman–Crippen LogP) is 2.62. The number of carbonyl (C=O) groups is 1. The van der Waals surface area contributed by atoms with Crippen molar-refractivity contribution in [1.82, 2.24) is 4.90 Å². The Balaban J connectivity index is 2.61. The van der Waals surface area contributed by atoms with Crippen LogP contribution in [0, 0.1) is 5.92 Å². The molecule has 1 aliphatic rings. The molecule has 112 valence electrons. The minimum absolute atomic E-state index is 0.236. The van der Waals surface area contributed by atoms with Crippen LogP contribution in [0.15, 0.2) is 0 Å². The van der Waals surface area contributed by atoms with E-state index in [1.807, 2.05) is 0 Å². The van der Waals surface area contributed by atoms with E-state index in [2.05, 4.69) is 0 Å². The van der Waals surface area contributed by atoms with Crippen LogP contribution in [-0.2, 0) is 4.74 Å². The number of alkyl halides is 2. The maximum absolute atomic E-state index is 13.1. The molecule has 1 rings (SSSR count). The van der Waals surface area contributed by atoms with Gasteiger partial charge in [-0.05, 0) is 40.0 Å². The normalized spacial score (nSPS) is 25.3. The predicted molar refractivity (Wildman–Crippen MR) is 69.1 cm³/mol. The van der Waals surface area contributed by atoms with Gasteiger partial charge in [0.05, 0.1) is 0 Å². The Morgan fingerprint density at radius 1 is 1.37 bits per heavy atom. The average molecular weight is 278 g/mol. The number of halogens is 2. The zero-order valence-corrected chi connectivity index (χ0v) is 12.1. The van der Waals surface area contributed by atoms with Gasteiger partial charge in [0.15, 0.2) is 0 Å². The van der Waals surface area contributed by atoms with Gasteiger partial charge in [0.2, 0.25) is 5.92 Å². The van der Waals surface area contributed by atoms with Gasteiger partial charge in [-0.2, -0.15) is 0 Å². The van der Waals surface area contributed by atoms with E-state index in [1.54, 1.807) is 20.8 Å². The molecular weight excluding hydrogens is 254 g/mol. The van der Waals surface area contributed by atoms with Crippen LogP contribution in [-0.4, -0.2) is 41.6 Å². The molecule has 6 heteroatoms. The van der Waals surface area contributed by atoms with Gasteiger partial charge >= 0.3 is 6.09 Å². The summed E-state index contributed by atoms with van der Waals surface area (Å²) in [5.41, 5.74) is 5.28. The highest BCUT2D eigenvalue weighted by Gasteiger charge is 2.36. The number of nitrogens with zero attached hydrogens (tertiary/aromatic N) is 1. The Labute approximate surface area is 113 Å². The minimum atomic E-state index is -2.76. The number of nitrogens with two attached hydrogens (primary N) is 1. The molecule has 2 unspecified atom stereocenters. The zero-order chi connectivity index (χ0) is 14.8. The van der Waals surface area contributed by atoms with Crippen molar-refractivity contribution < 1.29 is 18.3 Å². The summed E-state index contributed by atoms with van der Waals surface area (Å²) in [5, 5.41) is 0. The first-order chi connectivity index (χ1) is 8.48. The maximum Gasteiger partial charge on any atom is 0.410 e. The van der Waals surface area contributed by atoms with Crippen molar-refractivity contribution in [3.05, 3.63) is 0 Å². The number of amides is 1. The molecule has 2 N–H and O–H groups in total. The number of piperidine rings is 1. The lowest BCUT2D eigenvalue weighted by molar-refractivity contribution is -0.0260. The summed E-state index contributed by atoms with van der Waals surface area (Å²) < 4.78 is 31.4. The fourth-order valence-electron chi connectivity index (χ4n) is 2.22. The summed E-state index contributed by atoms with van der Waals surface area (Å²) in [5.74, 6) is -3.15. The lowest BCUT2D eigenvalue weighted by Crippen LogP contribution is -2.51. The quantitative estimate of drug-likeness (QED) is 0.844. The molecule has 0 aromatic heterocycles. The highest BCUT2D eigenvalue weighted by Crippen LogP contribution is 2.28. The van der Waals surface area contributed by atoms with Gasteiger partial charge in [0, 0.05) is 25.6 Å². The van der Waals surface area contributed by atoms with Crippen molar-refractivity contribution in [2.75, 3.05) is 13.1 Å². The first kappa shape index (κ1) is 16.1. The molecule has 0 aromatic rings. The van der Waals surface area contributed by atoms with Gasteiger partial charge in [0.1, 0.15) is 5.60 Å². The van der Waals surface area contributed by atoms with Gasteiger partial charge in [-0.1, -0.05) is 0 Å². The number of rotatable bonds is 2. The average Bonchev–Trinajstić information content (AvgIpc) is 2.16. The van der Waals surface area contributed by atoms with Crippen molar-refractivity contribution >= 4 is 6.09 Å². The van der Waals surface area contributed by atoms with E-state index in [0.717, 1.165) is 6.92 Å². The molecule has 0 bridgehead atoms. The second-order valence-corrected chi connectivity index (χ2v) is 6.41.